The van der Waals surface area contributed by atoms with E-state index in [2.05, 4.69) is 50.5 Å². The maximum Gasteiger partial charge on any atom is 0.319 e. The molecule has 4 fully saturated rings. The number of aliphatic hydroxyl groups is 2. The molecule has 1 saturated carbocycles. The fourth-order valence-corrected chi connectivity index (χ4v) is 12.2. The topological polar surface area (TPSA) is 149 Å². The van der Waals surface area contributed by atoms with Gasteiger partial charge >= 0.3 is 11.9 Å². The number of aliphatic hydroxyl groups excluding tert-OH is 2. The highest BCUT2D eigenvalue weighted by Crippen LogP contribution is 2.57. The van der Waals surface area contributed by atoms with E-state index in [-0.39, 0.29) is 48.3 Å². The molecule has 6 heterocycles. The summed E-state index contributed by atoms with van der Waals surface area (Å²) < 4.78 is 17.5. The number of piperidine rings is 3. The van der Waals surface area contributed by atoms with Crippen molar-refractivity contribution in [1.82, 2.24) is 20.2 Å². The molecule has 1 unspecified atom stereocenters. The second kappa shape index (κ2) is 13.0. The number of carbonyl (C=O) groups is 2. The number of hydrogen-bond donors (Lipinski definition) is 5. The first-order chi connectivity index (χ1) is 26.1. The van der Waals surface area contributed by atoms with Crippen LogP contribution in [-0.2, 0) is 37.3 Å². The van der Waals surface area contributed by atoms with Gasteiger partial charge in [-0.1, -0.05) is 29.8 Å². The molecule has 10 atom stereocenters. The second-order valence-electron chi connectivity index (χ2n) is 16.6. The van der Waals surface area contributed by atoms with Crippen LogP contribution in [0.4, 0.5) is 0 Å². The number of aromatic nitrogens is 2. The zero-order chi connectivity index (χ0) is 37.7. The van der Waals surface area contributed by atoms with Gasteiger partial charge in [0.1, 0.15) is 16.6 Å². The van der Waals surface area contributed by atoms with E-state index in [1.165, 1.54) is 14.2 Å². The molecule has 11 nitrogen and oxygen atoms in total. The molecule has 3 saturated heterocycles. The molecule has 0 amide bonds. The first-order valence-corrected chi connectivity index (χ1v) is 19.6. The number of fused-ring (bicyclic) bond motifs is 9. The highest BCUT2D eigenvalue weighted by Gasteiger charge is 2.64. The first kappa shape index (κ1) is 35.5. The predicted molar refractivity (Wildman–Crippen MR) is 205 cm³/mol. The number of allylic oxidation sites excluding steroid dienone is 1. The van der Waals surface area contributed by atoms with Crippen molar-refractivity contribution >= 4 is 33.7 Å². The average molecular weight is 737 g/mol. The molecule has 0 radical (unpaired) electrons. The lowest BCUT2D eigenvalue weighted by molar-refractivity contribution is -0.166. The van der Waals surface area contributed by atoms with E-state index in [1.807, 2.05) is 26.0 Å². The normalized spacial score (nSPS) is 34.1. The van der Waals surface area contributed by atoms with Crippen molar-refractivity contribution in [2.75, 3.05) is 47.6 Å². The average Bonchev–Trinajstić information content (AvgIpc) is 3.72. The number of carbonyl (C=O) groups excluding carboxylic acids is 2. The molecule has 54 heavy (non-hydrogen) atoms. The third-order valence-electron chi connectivity index (χ3n) is 14.4. The molecule has 0 spiro atoms. The van der Waals surface area contributed by atoms with Crippen molar-refractivity contribution < 1.29 is 34.0 Å². The number of H-pyrrole nitrogens is 2. The second-order valence-corrected chi connectivity index (χ2v) is 16.6. The Kier molecular flexibility index (Phi) is 8.53. The van der Waals surface area contributed by atoms with Gasteiger partial charge in [0.15, 0.2) is 0 Å². The SMILES string of the molecule is C/C=C1\CN[C@H]2Cc3c([nH]c4ccccc34)[C@@H](c3cc4c5c([nH]c4cc3OC)[C@]3(C(=O)OC)C[C@H]4C[C@H]([C@H](C)O)[C@@H]3N(CC5)C4)C[C@@H]1[C@]2(CO)C(=O)OC. The minimum Gasteiger partial charge on any atom is -0.496 e. The van der Waals surface area contributed by atoms with Crippen LogP contribution in [0.3, 0.4) is 0 Å². The van der Waals surface area contributed by atoms with E-state index in [0.29, 0.717) is 31.6 Å². The fourth-order valence-electron chi connectivity index (χ4n) is 12.2. The highest BCUT2D eigenvalue weighted by atomic mass is 16.5. The molecule has 6 bridgehead atoms. The molecule has 2 aromatic heterocycles. The van der Waals surface area contributed by atoms with Gasteiger partial charge < -0.3 is 39.7 Å². The van der Waals surface area contributed by atoms with E-state index < -0.39 is 22.9 Å². The van der Waals surface area contributed by atoms with Crippen molar-refractivity contribution in [1.29, 1.82) is 0 Å². The van der Waals surface area contributed by atoms with Gasteiger partial charge in [0, 0.05) is 94.3 Å². The maximum atomic E-state index is 14.3. The first-order valence-electron chi connectivity index (χ1n) is 19.6. The van der Waals surface area contributed by atoms with Crippen molar-refractivity contribution in [3.63, 3.8) is 0 Å². The molecule has 10 rings (SSSR count). The predicted octanol–water partition coefficient (Wildman–Crippen LogP) is 4.48. The third-order valence-corrected chi connectivity index (χ3v) is 14.4. The number of ether oxygens (including phenoxy) is 3. The number of hydrogen-bond acceptors (Lipinski definition) is 9. The zero-order valence-corrected chi connectivity index (χ0v) is 31.8. The summed E-state index contributed by atoms with van der Waals surface area (Å²) in [7, 11) is 4.58. The minimum absolute atomic E-state index is 0.0503. The Balaban J connectivity index is 1.29. The maximum absolute atomic E-state index is 14.3. The van der Waals surface area contributed by atoms with Gasteiger partial charge in [-0.2, -0.15) is 0 Å². The Hall–Kier alpha value is -4.16. The van der Waals surface area contributed by atoms with Crippen LogP contribution < -0.4 is 10.1 Å². The Bertz CT molecular complexity index is 2190. The fraction of sp³-hybridized carbons (Fsp3) is 0.535. The Morgan fingerprint density at radius 3 is 2.56 bits per heavy atom. The standard InChI is InChI=1S/C43H52N4O7/c1-6-24-19-44-36-16-31-25-9-7-8-10-33(25)45-37(31)30(15-32(24)43(36,21-48)41(51)54-5)29-14-28-26-11-12-47-20-23-13-27(22(2)49)39(47)42(18-23,40(50)53-4)38(26)46-34(28)17-35(29)52-3/h6-10,14,17,22-23,27,30,32,36,39,44-46,48-49H,11-13,15-16,18-21H2,1-5H3/b24-6+/t22-,23+,27+,30+,32-,36-,39-,42+,43-/m0/s1. The van der Waals surface area contributed by atoms with Gasteiger partial charge in [-0.25, -0.2) is 0 Å². The van der Waals surface area contributed by atoms with E-state index in [0.717, 1.165) is 81.4 Å². The van der Waals surface area contributed by atoms with Crippen molar-refractivity contribution in [2.24, 2.45) is 23.2 Å². The van der Waals surface area contributed by atoms with Crippen LogP contribution in [0.1, 0.15) is 67.1 Å². The van der Waals surface area contributed by atoms with Gasteiger partial charge in [-0.3, -0.25) is 14.5 Å². The number of esters is 2. The van der Waals surface area contributed by atoms with Crippen LogP contribution in [0.25, 0.3) is 21.8 Å². The van der Waals surface area contributed by atoms with Crippen LogP contribution in [-0.4, -0.2) is 103 Å². The number of methoxy groups -OCH3 is 3. The molecule has 4 aliphatic heterocycles. The lowest BCUT2D eigenvalue weighted by Crippen LogP contribution is -2.68. The smallest absolute Gasteiger partial charge is 0.319 e. The molecule has 6 aliphatic rings. The Morgan fingerprint density at radius 1 is 1.04 bits per heavy atom. The quantitative estimate of drug-likeness (QED) is 0.143. The number of nitrogens with zero attached hydrogens (tertiary/aromatic N) is 1. The van der Waals surface area contributed by atoms with Crippen LogP contribution in [0.2, 0.25) is 0 Å². The lowest BCUT2D eigenvalue weighted by atomic mass is 9.56. The molecule has 2 aromatic carbocycles. The number of para-hydroxylation sites is 1. The van der Waals surface area contributed by atoms with Crippen molar-refractivity contribution in [3.8, 4) is 5.75 Å². The van der Waals surface area contributed by atoms with Gasteiger partial charge in [0.05, 0.1) is 34.0 Å². The summed E-state index contributed by atoms with van der Waals surface area (Å²) in [5, 5.41) is 28.2. The van der Waals surface area contributed by atoms with Gasteiger partial charge in [0.2, 0.25) is 0 Å². The van der Waals surface area contributed by atoms with Crippen LogP contribution in [0.5, 0.6) is 5.75 Å². The molecule has 4 aromatic rings. The molecule has 5 N–H and O–H groups in total. The van der Waals surface area contributed by atoms with E-state index >= 15 is 0 Å². The minimum atomic E-state index is -1.20. The number of aromatic amines is 2. The molecular weight excluding hydrogens is 684 g/mol. The summed E-state index contributed by atoms with van der Waals surface area (Å²) in [6.07, 6.45) is 4.88. The van der Waals surface area contributed by atoms with Gasteiger partial charge in [-0.05, 0) is 75.1 Å². The van der Waals surface area contributed by atoms with Gasteiger partial charge in [-0.15, -0.1) is 0 Å². The summed E-state index contributed by atoms with van der Waals surface area (Å²) in [6.45, 7) is 5.80. The Morgan fingerprint density at radius 2 is 1.83 bits per heavy atom. The van der Waals surface area contributed by atoms with Crippen LogP contribution in [0.15, 0.2) is 48.0 Å². The highest BCUT2D eigenvalue weighted by molar-refractivity contribution is 5.93. The van der Waals surface area contributed by atoms with Crippen LogP contribution >= 0.6 is 0 Å². The molecular formula is C43H52N4O7. The number of nitrogens with one attached hydrogen (secondary N) is 3. The number of rotatable bonds is 6. The van der Waals surface area contributed by atoms with E-state index in [1.54, 1.807) is 7.11 Å². The Labute approximate surface area is 315 Å². The molecule has 286 valence electrons. The summed E-state index contributed by atoms with van der Waals surface area (Å²) in [4.78, 5) is 38.3. The van der Waals surface area contributed by atoms with Crippen LogP contribution in [0, 0.1) is 23.2 Å². The van der Waals surface area contributed by atoms with Crippen molar-refractivity contribution in [2.45, 2.75) is 75.5 Å². The van der Waals surface area contributed by atoms with E-state index in [4.69, 9.17) is 14.2 Å². The summed E-state index contributed by atoms with van der Waals surface area (Å²) >= 11 is 0. The summed E-state index contributed by atoms with van der Waals surface area (Å²) in [5.74, 6) is -0.304. The third kappa shape index (κ3) is 4.74. The lowest BCUT2D eigenvalue weighted by Gasteiger charge is -2.58. The summed E-state index contributed by atoms with van der Waals surface area (Å²) in [6, 6.07) is 12.1. The van der Waals surface area contributed by atoms with Crippen molar-refractivity contribution in [3.05, 3.63) is 76.1 Å². The summed E-state index contributed by atoms with van der Waals surface area (Å²) in [5.41, 5.74) is 6.00. The van der Waals surface area contributed by atoms with E-state index in [9.17, 15) is 19.8 Å². The zero-order valence-electron chi connectivity index (χ0n) is 31.8. The molecule has 11 heteroatoms. The largest absolute Gasteiger partial charge is 0.496 e. The monoisotopic (exact) mass is 736 g/mol. The van der Waals surface area contributed by atoms with Gasteiger partial charge in [0.25, 0.3) is 0 Å². The number of benzene rings is 2. The molecule has 2 aliphatic carbocycles.